The van der Waals surface area contributed by atoms with Gasteiger partial charge < -0.3 is 15.2 Å². The first kappa shape index (κ1) is 15.3. The fraction of sp³-hybridized carbons (Fsp3) is 0.625. The van der Waals surface area contributed by atoms with Gasteiger partial charge in [0.2, 0.25) is 0 Å². The number of benzene rings is 1. The van der Waals surface area contributed by atoms with E-state index in [4.69, 9.17) is 15.2 Å². The van der Waals surface area contributed by atoms with Crippen LogP contribution in [0.2, 0.25) is 0 Å². The molecule has 1 aromatic carbocycles. The Bertz CT molecular complexity index is 425. The van der Waals surface area contributed by atoms with Gasteiger partial charge in [0, 0.05) is 30.8 Å². The van der Waals surface area contributed by atoms with E-state index in [0.717, 1.165) is 30.9 Å². The minimum absolute atomic E-state index is 0.0458. The standard InChI is InChI=1S/C16H26N2O2/c1-4-19-16-8-6-5-7-13(16)14(17)11-18(3)15-9-10-20-12(15)2/h5-8,12,14-15H,4,9-11,17H2,1-3H3. The van der Waals surface area contributed by atoms with Gasteiger partial charge in [0.05, 0.1) is 12.7 Å². The predicted molar refractivity (Wildman–Crippen MR) is 81.0 cm³/mol. The normalized spacial score (nSPS) is 24.1. The molecule has 1 fully saturated rings. The maximum atomic E-state index is 6.38. The van der Waals surface area contributed by atoms with Gasteiger partial charge in [-0.05, 0) is 33.4 Å². The molecular formula is C16H26N2O2. The van der Waals surface area contributed by atoms with E-state index in [1.54, 1.807) is 0 Å². The molecule has 0 spiro atoms. The zero-order chi connectivity index (χ0) is 14.5. The molecule has 112 valence electrons. The number of para-hydroxylation sites is 1. The zero-order valence-electron chi connectivity index (χ0n) is 12.7. The van der Waals surface area contributed by atoms with E-state index >= 15 is 0 Å². The lowest BCUT2D eigenvalue weighted by Crippen LogP contribution is -2.40. The number of hydrogen-bond acceptors (Lipinski definition) is 4. The molecule has 0 saturated carbocycles. The van der Waals surface area contributed by atoms with Gasteiger partial charge >= 0.3 is 0 Å². The molecule has 1 heterocycles. The molecule has 0 aromatic heterocycles. The Morgan fingerprint density at radius 3 is 2.85 bits per heavy atom. The van der Waals surface area contributed by atoms with Gasteiger partial charge in [-0.15, -0.1) is 0 Å². The van der Waals surface area contributed by atoms with E-state index in [1.165, 1.54) is 0 Å². The van der Waals surface area contributed by atoms with Crippen LogP contribution in [0, 0.1) is 0 Å². The van der Waals surface area contributed by atoms with Gasteiger partial charge in [-0.3, -0.25) is 4.90 Å². The lowest BCUT2D eigenvalue weighted by Gasteiger charge is -2.29. The molecule has 0 bridgehead atoms. The fourth-order valence-corrected chi connectivity index (χ4v) is 2.92. The van der Waals surface area contributed by atoms with E-state index in [-0.39, 0.29) is 12.1 Å². The van der Waals surface area contributed by atoms with Crippen molar-refractivity contribution >= 4 is 0 Å². The van der Waals surface area contributed by atoms with Crippen LogP contribution in [0.4, 0.5) is 0 Å². The van der Waals surface area contributed by atoms with E-state index in [1.807, 2.05) is 25.1 Å². The monoisotopic (exact) mass is 278 g/mol. The summed E-state index contributed by atoms with van der Waals surface area (Å²) in [6, 6.07) is 8.45. The second-order valence-electron chi connectivity index (χ2n) is 5.45. The summed E-state index contributed by atoms with van der Waals surface area (Å²) in [6.07, 6.45) is 1.37. The first-order valence-electron chi connectivity index (χ1n) is 7.42. The molecule has 2 N–H and O–H groups in total. The average molecular weight is 278 g/mol. The second-order valence-corrected chi connectivity index (χ2v) is 5.45. The molecule has 1 aliphatic rings. The SMILES string of the molecule is CCOc1ccccc1C(N)CN(C)C1CCOC1C. The van der Waals surface area contributed by atoms with E-state index < -0.39 is 0 Å². The number of rotatable bonds is 6. The lowest BCUT2D eigenvalue weighted by molar-refractivity contribution is 0.0817. The van der Waals surface area contributed by atoms with E-state index in [2.05, 4.69) is 24.9 Å². The molecule has 0 aliphatic carbocycles. The molecule has 20 heavy (non-hydrogen) atoms. The van der Waals surface area contributed by atoms with E-state index in [0.29, 0.717) is 12.6 Å². The van der Waals surface area contributed by atoms with Gasteiger partial charge in [-0.1, -0.05) is 18.2 Å². The number of ether oxygens (including phenoxy) is 2. The first-order chi connectivity index (χ1) is 9.63. The summed E-state index contributed by atoms with van der Waals surface area (Å²) in [5.41, 5.74) is 7.45. The van der Waals surface area contributed by atoms with Crippen LogP contribution < -0.4 is 10.5 Å². The third-order valence-corrected chi connectivity index (χ3v) is 4.01. The van der Waals surface area contributed by atoms with Crippen molar-refractivity contribution in [2.75, 3.05) is 26.8 Å². The molecule has 1 aliphatic heterocycles. The van der Waals surface area contributed by atoms with Crippen molar-refractivity contribution in [3.63, 3.8) is 0 Å². The third kappa shape index (κ3) is 3.51. The molecule has 0 radical (unpaired) electrons. The summed E-state index contributed by atoms with van der Waals surface area (Å²) in [5, 5.41) is 0. The van der Waals surface area contributed by atoms with Crippen LogP contribution in [0.5, 0.6) is 5.75 Å². The Kier molecular flexibility index (Phi) is 5.40. The van der Waals surface area contributed by atoms with Crippen molar-refractivity contribution in [1.29, 1.82) is 0 Å². The van der Waals surface area contributed by atoms with Crippen molar-refractivity contribution in [2.45, 2.75) is 38.5 Å². The molecule has 0 amide bonds. The fourth-order valence-electron chi connectivity index (χ4n) is 2.92. The third-order valence-electron chi connectivity index (χ3n) is 4.01. The quantitative estimate of drug-likeness (QED) is 0.866. The Balaban J connectivity index is 2.02. The number of hydrogen-bond donors (Lipinski definition) is 1. The van der Waals surface area contributed by atoms with Crippen LogP contribution in [-0.4, -0.2) is 43.9 Å². The van der Waals surface area contributed by atoms with Crippen LogP contribution in [0.1, 0.15) is 31.9 Å². The second kappa shape index (κ2) is 7.07. The molecule has 1 saturated heterocycles. The van der Waals surface area contributed by atoms with Crippen molar-refractivity contribution in [3.8, 4) is 5.75 Å². The number of nitrogens with two attached hydrogens (primary N) is 1. The summed E-state index contributed by atoms with van der Waals surface area (Å²) in [6.45, 7) is 6.44. The Labute approximate surface area is 121 Å². The zero-order valence-corrected chi connectivity index (χ0v) is 12.7. The summed E-state index contributed by atoms with van der Waals surface area (Å²) in [7, 11) is 2.12. The van der Waals surface area contributed by atoms with Crippen LogP contribution in [0.15, 0.2) is 24.3 Å². The van der Waals surface area contributed by atoms with Gasteiger partial charge in [-0.2, -0.15) is 0 Å². The summed E-state index contributed by atoms with van der Waals surface area (Å²) in [4.78, 5) is 2.31. The highest BCUT2D eigenvalue weighted by Crippen LogP contribution is 2.26. The van der Waals surface area contributed by atoms with Gasteiger partial charge in [0.25, 0.3) is 0 Å². The van der Waals surface area contributed by atoms with Crippen LogP contribution in [0.25, 0.3) is 0 Å². The smallest absolute Gasteiger partial charge is 0.124 e. The summed E-state index contributed by atoms with van der Waals surface area (Å²) >= 11 is 0. The molecular weight excluding hydrogens is 252 g/mol. The van der Waals surface area contributed by atoms with Gasteiger partial charge in [0.15, 0.2) is 0 Å². The maximum absolute atomic E-state index is 6.38. The molecule has 4 heteroatoms. The van der Waals surface area contributed by atoms with Crippen molar-refractivity contribution in [1.82, 2.24) is 4.90 Å². The Morgan fingerprint density at radius 2 is 2.20 bits per heavy atom. The van der Waals surface area contributed by atoms with Crippen LogP contribution in [-0.2, 0) is 4.74 Å². The predicted octanol–water partition coefficient (Wildman–Crippen LogP) is 2.19. The molecule has 1 aromatic rings. The Morgan fingerprint density at radius 1 is 1.45 bits per heavy atom. The molecule has 2 rings (SSSR count). The van der Waals surface area contributed by atoms with Gasteiger partial charge in [-0.25, -0.2) is 0 Å². The highest BCUT2D eigenvalue weighted by Gasteiger charge is 2.29. The molecule has 4 nitrogen and oxygen atoms in total. The highest BCUT2D eigenvalue weighted by atomic mass is 16.5. The Hall–Kier alpha value is -1.10. The minimum atomic E-state index is -0.0458. The minimum Gasteiger partial charge on any atom is -0.494 e. The number of likely N-dealkylation sites (N-methyl/N-ethyl adjacent to an activating group) is 1. The van der Waals surface area contributed by atoms with Crippen molar-refractivity contribution in [2.24, 2.45) is 5.73 Å². The molecule has 3 unspecified atom stereocenters. The maximum Gasteiger partial charge on any atom is 0.124 e. The first-order valence-corrected chi connectivity index (χ1v) is 7.42. The average Bonchev–Trinajstić information content (AvgIpc) is 2.86. The van der Waals surface area contributed by atoms with Crippen molar-refractivity contribution < 1.29 is 9.47 Å². The number of nitrogens with zero attached hydrogens (tertiary/aromatic N) is 1. The summed E-state index contributed by atoms with van der Waals surface area (Å²) in [5.74, 6) is 0.895. The highest BCUT2D eigenvalue weighted by molar-refractivity contribution is 5.36. The summed E-state index contributed by atoms with van der Waals surface area (Å²) < 4.78 is 11.3. The molecule has 3 atom stereocenters. The van der Waals surface area contributed by atoms with E-state index in [9.17, 15) is 0 Å². The van der Waals surface area contributed by atoms with Crippen LogP contribution >= 0.6 is 0 Å². The topological polar surface area (TPSA) is 47.7 Å². The lowest BCUT2D eigenvalue weighted by atomic mass is 10.0. The van der Waals surface area contributed by atoms with Crippen LogP contribution in [0.3, 0.4) is 0 Å². The van der Waals surface area contributed by atoms with Crippen molar-refractivity contribution in [3.05, 3.63) is 29.8 Å². The van der Waals surface area contributed by atoms with Gasteiger partial charge in [0.1, 0.15) is 5.75 Å². The largest absolute Gasteiger partial charge is 0.494 e.